The summed E-state index contributed by atoms with van der Waals surface area (Å²) >= 11 is 0. The van der Waals surface area contributed by atoms with E-state index in [1.165, 1.54) is 4.90 Å². The van der Waals surface area contributed by atoms with Crippen LogP contribution in [0.4, 0.5) is 13.2 Å². The summed E-state index contributed by atoms with van der Waals surface area (Å²) in [5, 5.41) is 8.85. The number of halogens is 4. The van der Waals surface area contributed by atoms with Crippen LogP contribution in [0.5, 0.6) is 0 Å². The number of benzene rings is 1. The number of guanidine groups is 1. The largest absolute Gasteiger partial charge is 0.401 e. The highest BCUT2D eigenvalue weighted by molar-refractivity contribution is 14.0. The van der Waals surface area contributed by atoms with Crippen molar-refractivity contribution in [1.29, 1.82) is 0 Å². The SMILES string of the molecule is CN=C(NCc1ccc(C(=O)NC)cc1)NC1CCN(CC(F)(F)F)C1.I. The van der Waals surface area contributed by atoms with E-state index in [1.807, 2.05) is 12.1 Å². The van der Waals surface area contributed by atoms with Crippen molar-refractivity contribution in [3.8, 4) is 0 Å². The van der Waals surface area contributed by atoms with Gasteiger partial charge in [-0.1, -0.05) is 12.1 Å². The second-order valence-electron chi connectivity index (χ2n) is 6.18. The Bertz CT molecular complexity index is 636. The first kappa shape index (κ1) is 23.5. The first-order valence-electron chi connectivity index (χ1n) is 8.38. The number of carbonyl (C=O) groups excluding carboxylic acids is 1. The van der Waals surface area contributed by atoms with Crippen LogP contribution in [0.1, 0.15) is 22.3 Å². The molecule has 0 aliphatic carbocycles. The highest BCUT2D eigenvalue weighted by Crippen LogP contribution is 2.19. The molecule has 0 aromatic heterocycles. The fourth-order valence-corrected chi connectivity index (χ4v) is 2.84. The number of carbonyl (C=O) groups is 1. The van der Waals surface area contributed by atoms with Crippen molar-refractivity contribution in [3.05, 3.63) is 35.4 Å². The van der Waals surface area contributed by atoms with Crippen LogP contribution in [0.3, 0.4) is 0 Å². The van der Waals surface area contributed by atoms with E-state index in [-0.39, 0.29) is 35.9 Å². The van der Waals surface area contributed by atoms with Crippen LogP contribution >= 0.6 is 24.0 Å². The normalized spacial score (nSPS) is 18.0. The molecule has 27 heavy (non-hydrogen) atoms. The lowest BCUT2D eigenvalue weighted by molar-refractivity contribution is -0.143. The van der Waals surface area contributed by atoms with Crippen molar-refractivity contribution in [2.75, 3.05) is 33.7 Å². The first-order chi connectivity index (χ1) is 12.3. The fraction of sp³-hybridized carbons (Fsp3) is 0.529. The van der Waals surface area contributed by atoms with Gasteiger partial charge in [-0.05, 0) is 24.1 Å². The molecule has 0 bridgehead atoms. The monoisotopic (exact) mass is 499 g/mol. The molecule has 0 saturated carbocycles. The van der Waals surface area contributed by atoms with E-state index in [0.717, 1.165) is 5.56 Å². The summed E-state index contributed by atoms with van der Waals surface area (Å²) in [7, 11) is 3.19. The van der Waals surface area contributed by atoms with Crippen molar-refractivity contribution in [1.82, 2.24) is 20.9 Å². The Balaban J connectivity index is 0.00000364. The number of hydrogen-bond donors (Lipinski definition) is 3. The maximum Gasteiger partial charge on any atom is 0.401 e. The molecule has 6 nitrogen and oxygen atoms in total. The summed E-state index contributed by atoms with van der Waals surface area (Å²) in [4.78, 5) is 17.0. The zero-order valence-electron chi connectivity index (χ0n) is 15.3. The molecule has 1 aliphatic heterocycles. The molecule has 1 atom stereocenters. The Morgan fingerprint density at radius 3 is 2.52 bits per heavy atom. The van der Waals surface area contributed by atoms with Crippen LogP contribution in [0.15, 0.2) is 29.3 Å². The molecule has 2 rings (SSSR count). The lowest BCUT2D eigenvalue weighted by Gasteiger charge is -2.19. The number of nitrogens with zero attached hydrogens (tertiary/aromatic N) is 2. The van der Waals surface area contributed by atoms with Crippen molar-refractivity contribution >= 4 is 35.8 Å². The Morgan fingerprint density at radius 1 is 1.30 bits per heavy atom. The second kappa shape index (κ2) is 10.7. The maximum absolute atomic E-state index is 12.4. The van der Waals surface area contributed by atoms with Crippen LogP contribution in [-0.4, -0.2) is 62.7 Å². The van der Waals surface area contributed by atoms with E-state index in [2.05, 4.69) is 20.9 Å². The molecule has 152 valence electrons. The molecule has 1 heterocycles. The quantitative estimate of drug-likeness (QED) is 0.330. The Hall–Kier alpha value is -1.56. The van der Waals surface area contributed by atoms with E-state index in [1.54, 1.807) is 26.2 Å². The van der Waals surface area contributed by atoms with Gasteiger partial charge in [0.05, 0.1) is 6.54 Å². The highest BCUT2D eigenvalue weighted by Gasteiger charge is 2.34. The zero-order valence-corrected chi connectivity index (χ0v) is 17.6. The summed E-state index contributed by atoms with van der Waals surface area (Å²) in [6.07, 6.45) is -3.53. The molecule has 1 fully saturated rings. The molecule has 1 aliphatic rings. The van der Waals surface area contributed by atoms with Gasteiger partial charge in [0.15, 0.2) is 5.96 Å². The summed E-state index contributed by atoms with van der Waals surface area (Å²) in [6, 6.07) is 7.08. The van der Waals surface area contributed by atoms with Crippen LogP contribution in [-0.2, 0) is 6.54 Å². The molecule has 1 aromatic carbocycles. The minimum absolute atomic E-state index is 0. The molecule has 1 unspecified atom stereocenters. The van der Waals surface area contributed by atoms with Crippen LogP contribution in [0.2, 0.25) is 0 Å². The fourth-order valence-electron chi connectivity index (χ4n) is 2.84. The summed E-state index contributed by atoms with van der Waals surface area (Å²) in [5.41, 5.74) is 1.54. The van der Waals surface area contributed by atoms with Gasteiger partial charge >= 0.3 is 6.18 Å². The first-order valence-corrected chi connectivity index (χ1v) is 8.38. The van der Waals surface area contributed by atoms with Gasteiger partial charge in [-0.3, -0.25) is 14.7 Å². The Kier molecular flexibility index (Phi) is 9.30. The summed E-state index contributed by atoms with van der Waals surface area (Å²) in [5.74, 6) is 0.394. The van der Waals surface area contributed by atoms with Gasteiger partial charge in [0.25, 0.3) is 5.91 Å². The van der Waals surface area contributed by atoms with Crippen LogP contribution in [0.25, 0.3) is 0 Å². The van der Waals surface area contributed by atoms with Gasteiger partial charge in [-0.2, -0.15) is 13.2 Å². The molecule has 1 saturated heterocycles. The molecular weight excluding hydrogens is 474 g/mol. The number of amides is 1. The number of alkyl halides is 3. The molecule has 10 heteroatoms. The number of likely N-dealkylation sites (tertiary alicyclic amines) is 1. The van der Waals surface area contributed by atoms with E-state index < -0.39 is 12.7 Å². The van der Waals surface area contributed by atoms with E-state index >= 15 is 0 Å². The van der Waals surface area contributed by atoms with Gasteiger partial charge in [0.1, 0.15) is 0 Å². The topological polar surface area (TPSA) is 68.8 Å². The minimum atomic E-state index is -4.17. The van der Waals surface area contributed by atoms with Crippen molar-refractivity contribution in [2.24, 2.45) is 4.99 Å². The summed E-state index contributed by atoms with van der Waals surface area (Å²) in [6.45, 7) is 0.359. The molecule has 0 spiro atoms. The standard InChI is InChI=1S/C17H24F3N5O.HI/c1-21-15(26)13-5-3-12(4-6-13)9-23-16(22-2)24-14-7-8-25(10-14)11-17(18,19)20;/h3-6,14H,7-11H2,1-2H3,(H,21,26)(H2,22,23,24);1H. The zero-order chi connectivity index (χ0) is 19.2. The lowest BCUT2D eigenvalue weighted by Crippen LogP contribution is -2.44. The van der Waals surface area contributed by atoms with Crippen LogP contribution < -0.4 is 16.0 Å². The molecule has 3 N–H and O–H groups in total. The number of hydrogen-bond acceptors (Lipinski definition) is 3. The average Bonchev–Trinajstić information content (AvgIpc) is 3.03. The highest BCUT2D eigenvalue weighted by atomic mass is 127. The third kappa shape index (κ3) is 7.91. The Labute approximate surface area is 174 Å². The molecule has 0 radical (unpaired) electrons. The third-order valence-corrected chi connectivity index (χ3v) is 4.14. The molecule has 1 amide bonds. The number of aliphatic imine (C=N–C) groups is 1. The number of nitrogens with one attached hydrogen (secondary N) is 3. The smallest absolute Gasteiger partial charge is 0.355 e. The van der Waals surface area contributed by atoms with Crippen molar-refractivity contribution in [3.63, 3.8) is 0 Å². The van der Waals surface area contributed by atoms with E-state index in [0.29, 0.717) is 37.6 Å². The van der Waals surface area contributed by atoms with E-state index in [9.17, 15) is 18.0 Å². The van der Waals surface area contributed by atoms with Gasteiger partial charge in [-0.25, -0.2) is 0 Å². The maximum atomic E-state index is 12.4. The molecular formula is C17H25F3IN5O. The van der Waals surface area contributed by atoms with Gasteiger partial charge in [0.2, 0.25) is 0 Å². The van der Waals surface area contributed by atoms with Gasteiger partial charge in [0, 0.05) is 45.3 Å². The second-order valence-corrected chi connectivity index (χ2v) is 6.18. The van der Waals surface area contributed by atoms with Gasteiger partial charge < -0.3 is 16.0 Å². The van der Waals surface area contributed by atoms with E-state index in [4.69, 9.17) is 0 Å². The van der Waals surface area contributed by atoms with Crippen molar-refractivity contribution < 1.29 is 18.0 Å². The predicted octanol–water partition coefficient (Wildman–Crippen LogP) is 1.97. The van der Waals surface area contributed by atoms with Crippen LogP contribution in [0, 0.1) is 0 Å². The Morgan fingerprint density at radius 2 is 1.96 bits per heavy atom. The number of rotatable bonds is 5. The summed E-state index contributed by atoms with van der Waals surface area (Å²) < 4.78 is 37.3. The average molecular weight is 499 g/mol. The van der Waals surface area contributed by atoms with Crippen molar-refractivity contribution in [2.45, 2.75) is 25.2 Å². The van der Waals surface area contributed by atoms with Gasteiger partial charge in [-0.15, -0.1) is 24.0 Å². The minimum Gasteiger partial charge on any atom is -0.355 e. The lowest BCUT2D eigenvalue weighted by atomic mass is 10.1. The third-order valence-electron chi connectivity index (χ3n) is 4.14. The molecule has 1 aromatic rings. The predicted molar refractivity (Wildman–Crippen MR) is 109 cm³/mol.